The van der Waals surface area contributed by atoms with Crippen molar-refractivity contribution in [2.24, 2.45) is 5.73 Å². The van der Waals surface area contributed by atoms with Crippen LogP contribution >= 0.6 is 11.6 Å². The van der Waals surface area contributed by atoms with Crippen LogP contribution in [0, 0.1) is 0 Å². The van der Waals surface area contributed by atoms with Crippen LogP contribution in [0.4, 0.5) is 0 Å². The Bertz CT molecular complexity index is 128. The lowest BCUT2D eigenvalue weighted by Gasteiger charge is -2.12. The van der Waals surface area contributed by atoms with Crippen LogP contribution in [0.3, 0.4) is 0 Å². The Hall–Kier alpha value is -0.280. The first-order valence-electron chi connectivity index (χ1n) is 3.70. The first-order valence-corrected chi connectivity index (χ1v) is 4.23. The van der Waals surface area contributed by atoms with Gasteiger partial charge in [0.2, 0.25) is 5.91 Å². The van der Waals surface area contributed by atoms with E-state index < -0.39 is 6.04 Å². The fourth-order valence-electron chi connectivity index (χ4n) is 0.640. The van der Waals surface area contributed by atoms with Gasteiger partial charge in [0.25, 0.3) is 0 Å². The minimum Gasteiger partial charge on any atom is -0.353 e. The number of carbonyl (C=O) groups is 1. The zero-order valence-corrected chi connectivity index (χ0v) is 7.69. The van der Waals surface area contributed by atoms with Crippen LogP contribution in [0.15, 0.2) is 0 Å². The third kappa shape index (κ3) is 5.04. The molecule has 0 fully saturated rings. The van der Waals surface area contributed by atoms with E-state index >= 15 is 0 Å². The molecule has 0 aliphatic carbocycles. The van der Waals surface area contributed by atoms with E-state index in [0.29, 0.717) is 12.3 Å². The molecule has 0 bridgehead atoms. The molecule has 0 rings (SSSR count). The number of halogens is 1. The molecule has 0 unspecified atom stereocenters. The number of hydrogen-bond donors (Lipinski definition) is 2. The number of carbonyl (C=O) groups excluding carboxylic acids is 1. The molecule has 0 aromatic carbocycles. The molecule has 0 aliphatic heterocycles. The van der Waals surface area contributed by atoms with Gasteiger partial charge in [-0.2, -0.15) is 0 Å². The number of rotatable bonds is 4. The van der Waals surface area contributed by atoms with E-state index in [2.05, 4.69) is 5.32 Å². The Morgan fingerprint density at radius 2 is 2.18 bits per heavy atom. The molecule has 11 heavy (non-hydrogen) atoms. The maximum atomic E-state index is 11.0. The lowest BCUT2D eigenvalue weighted by atomic mass is 10.2. The minimum absolute atomic E-state index is 0.124. The molecule has 0 saturated heterocycles. The number of hydrogen-bond acceptors (Lipinski definition) is 2. The van der Waals surface area contributed by atoms with E-state index in [0.717, 1.165) is 0 Å². The van der Waals surface area contributed by atoms with Crippen molar-refractivity contribution in [3.63, 3.8) is 0 Å². The molecule has 1 atom stereocenters. The van der Waals surface area contributed by atoms with Gasteiger partial charge in [-0.15, -0.1) is 11.6 Å². The number of nitrogens with one attached hydrogen (secondary N) is 1. The minimum atomic E-state index is -0.463. The maximum absolute atomic E-state index is 11.0. The highest BCUT2D eigenvalue weighted by Gasteiger charge is 2.12. The Kier molecular flexibility index (Phi) is 5.24. The highest BCUT2D eigenvalue weighted by Crippen LogP contribution is 1.91. The number of nitrogens with two attached hydrogens (primary N) is 1. The van der Waals surface area contributed by atoms with Crippen molar-refractivity contribution >= 4 is 17.5 Å². The second kappa shape index (κ2) is 5.38. The van der Waals surface area contributed by atoms with Crippen molar-refractivity contribution < 1.29 is 4.79 Å². The summed E-state index contributed by atoms with van der Waals surface area (Å²) in [6.07, 6.45) is 0.528. The van der Waals surface area contributed by atoms with Gasteiger partial charge in [0.05, 0.1) is 6.04 Å². The average Bonchev–Trinajstić information content (AvgIpc) is 1.86. The van der Waals surface area contributed by atoms with E-state index in [1.54, 1.807) is 0 Å². The molecule has 0 aromatic rings. The fraction of sp³-hybridized carbons (Fsp3) is 0.857. The SMILES string of the molecule is CC(C)NC(=O)[C@@H](N)CCCl. The zero-order chi connectivity index (χ0) is 8.85. The van der Waals surface area contributed by atoms with Crippen molar-refractivity contribution in [3.05, 3.63) is 0 Å². The van der Waals surface area contributed by atoms with Gasteiger partial charge >= 0.3 is 0 Å². The van der Waals surface area contributed by atoms with Crippen LogP contribution in [0.1, 0.15) is 20.3 Å². The number of amides is 1. The summed E-state index contributed by atoms with van der Waals surface area (Å²) in [6.45, 7) is 3.79. The highest BCUT2D eigenvalue weighted by molar-refractivity contribution is 6.18. The van der Waals surface area contributed by atoms with Gasteiger partial charge in [-0.25, -0.2) is 0 Å². The van der Waals surface area contributed by atoms with Gasteiger partial charge < -0.3 is 11.1 Å². The summed E-state index contributed by atoms with van der Waals surface area (Å²) in [7, 11) is 0. The molecule has 0 aliphatic rings. The lowest BCUT2D eigenvalue weighted by Crippen LogP contribution is -2.43. The normalized spacial score (nSPS) is 13.2. The molecule has 0 saturated carbocycles. The summed E-state index contributed by atoms with van der Waals surface area (Å²) in [5, 5.41) is 2.70. The Labute approximate surface area is 72.3 Å². The third-order valence-corrected chi connectivity index (χ3v) is 1.41. The predicted molar refractivity (Wildman–Crippen MR) is 46.6 cm³/mol. The summed E-state index contributed by atoms with van der Waals surface area (Å²) in [5.41, 5.74) is 5.48. The molecule has 1 amide bonds. The molecule has 0 heterocycles. The standard InChI is InChI=1S/C7H15ClN2O/c1-5(2)10-7(11)6(9)3-4-8/h5-6H,3-4,9H2,1-2H3,(H,10,11)/t6-/m0/s1. The molecule has 0 radical (unpaired) electrons. The van der Waals surface area contributed by atoms with Crippen LogP contribution in [0.2, 0.25) is 0 Å². The van der Waals surface area contributed by atoms with Gasteiger partial charge in [-0.1, -0.05) is 0 Å². The Morgan fingerprint density at radius 1 is 1.64 bits per heavy atom. The van der Waals surface area contributed by atoms with E-state index in [1.807, 2.05) is 13.8 Å². The first-order chi connectivity index (χ1) is 5.07. The number of alkyl halides is 1. The molecule has 3 nitrogen and oxygen atoms in total. The maximum Gasteiger partial charge on any atom is 0.237 e. The molecular formula is C7H15ClN2O. The van der Waals surface area contributed by atoms with Crippen molar-refractivity contribution in [2.45, 2.75) is 32.4 Å². The van der Waals surface area contributed by atoms with E-state index in [4.69, 9.17) is 17.3 Å². The monoisotopic (exact) mass is 178 g/mol. The van der Waals surface area contributed by atoms with Crippen LogP contribution in [-0.2, 0) is 4.79 Å². The van der Waals surface area contributed by atoms with E-state index in [-0.39, 0.29) is 11.9 Å². The largest absolute Gasteiger partial charge is 0.353 e. The van der Waals surface area contributed by atoms with E-state index in [9.17, 15) is 4.79 Å². The first kappa shape index (κ1) is 10.7. The van der Waals surface area contributed by atoms with Crippen LogP contribution in [-0.4, -0.2) is 23.9 Å². The van der Waals surface area contributed by atoms with Gasteiger partial charge in [0.15, 0.2) is 0 Å². The fourth-order valence-corrected chi connectivity index (χ4v) is 0.875. The summed E-state index contributed by atoms with van der Waals surface area (Å²) in [4.78, 5) is 11.0. The third-order valence-electron chi connectivity index (χ3n) is 1.19. The molecule has 0 aromatic heterocycles. The molecule has 4 heteroatoms. The van der Waals surface area contributed by atoms with Crippen molar-refractivity contribution in [3.8, 4) is 0 Å². The summed E-state index contributed by atoms with van der Waals surface area (Å²) < 4.78 is 0. The van der Waals surface area contributed by atoms with Crippen LogP contribution < -0.4 is 11.1 Å². The van der Waals surface area contributed by atoms with Gasteiger partial charge in [0, 0.05) is 11.9 Å². The predicted octanol–water partition coefficient (Wildman–Crippen LogP) is 0.467. The van der Waals surface area contributed by atoms with Gasteiger partial charge in [0.1, 0.15) is 0 Å². The summed E-state index contributed by atoms with van der Waals surface area (Å²) in [6, 6.07) is -0.321. The molecule has 3 N–H and O–H groups in total. The smallest absolute Gasteiger partial charge is 0.237 e. The van der Waals surface area contributed by atoms with Crippen molar-refractivity contribution in [1.29, 1.82) is 0 Å². The molecule has 0 spiro atoms. The topological polar surface area (TPSA) is 55.1 Å². The molecule has 66 valence electrons. The van der Waals surface area contributed by atoms with Gasteiger partial charge in [-0.3, -0.25) is 4.79 Å². The lowest BCUT2D eigenvalue weighted by molar-refractivity contribution is -0.122. The second-order valence-corrected chi connectivity index (χ2v) is 3.13. The molecular weight excluding hydrogens is 164 g/mol. The zero-order valence-electron chi connectivity index (χ0n) is 6.93. The van der Waals surface area contributed by atoms with Crippen LogP contribution in [0.25, 0.3) is 0 Å². The van der Waals surface area contributed by atoms with Crippen molar-refractivity contribution in [1.82, 2.24) is 5.32 Å². The summed E-state index contributed by atoms with van der Waals surface area (Å²) in [5.74, 6) is 0.299. The van der Waals surface area contributed by atoms with Gasteiger partial charge in [-0.05, 0) is 20.3 Å². The van der Waals surface area contributed by atoms with E-state index in [1.165, 1.54) is 0 Å². The summed E-state index contributed by atoms with van der Waals surface area (Å²) >= 11 is 5.42. The quantitative estimate of drug-likeness (QED) is 0.615. The Balaban J connectivity index is 3.64. The van der Waals surface area contributed by atoms with Crippen LogP contribution in [0.5, 0.6) is 0 Å². The highest BCUT2D eigenvalue weighted by atomic mass is 35.5. The Morgan fingerprint density at radius 3 is 2.55 bits per heavy atom. The average molecular weight is 179 g/mol. The van der Waals surface area contributed by atoms with Crippen molar-refractivity contribution in [2.75, 3.05) is 5.88 Å². The second-order valence-electron chi connectivity index (χ2n) is 2.75.